The van der Waals surface area contributed by atoms with E-state index in [0.717, 1.165) is 12.1 Å². The highest BCUT2D eigenvalue weighted by Gasteiger charge is 2.45. The molecule has 11 heteroatoms. The molecule has 3 N–H and O–H groups in total. The number of nitrogens with two attached hydrogens (primary N) is 1. The minimum absolute atomic E-state index is 0.609. The fourth-order valence-electron chi connectivity index (χ4n) is 2.05. The molecule has 1 aliphatic heterocycles. The lowest BCUT2D eigenvalue weighted by Gasteiger charge is -2.10. The maximum absolute atomic E-state index is 14.4. The normalized spacial score (nSPS) is 14.7. The van der Waals surface area contributed by atoms with Crippen LogP contribution < -0.4 is 15.2 Å². The number of anilines is 1. The number of alkyl halides is 2. The van der Waals surface area contributed by atoms with Gasteiger partial charge in [-0.1, -0.05) is 11.6 Å². The van der Waals surface area contributed by atoms with Crippen molar-refractivity contribution in [1.29, 1.82) is 0 Å². The first-order valence-corrected chi connectivity index (χ1v) is 6.46. The molecule has 0 radical (unpaired) electrons. The van der Waals surface area contributed by atoms with E-state index < -0.39 is 63.1 Å². The molecular weight excluding hydrogens is 360 g/mol. The minimum atomic E-state index is -4.08. The third-order valence-electron chi connectivity index (χ3n) is 3.08. The standard InChI is InChI=1S/C13H5ClF4N2O4/c14-5-8(19)7(16)9(20-10(5)12(21)22)3-1-2-4-11(6(3)15)24-13(17,18)23-4/h1-2H,(H2,19,20)(H,21,22). The Morgan fingerprint density at radius 2 is 1.92 bits per heavy atom. The van der Waals surface area contributed by atoms with Gasteiger partial charge >= 0.3 is 12.3 Å². The SMILES string of the molecule is Nc1c(F)c(-c2ccc3c(c2F)OC(F)(F)O3)nc(C(=O)O)c1Cl. The number of carbonyl (C=O) groups is 1. The van der Waals surface area contributed by atoms with Gasteiger partial charge in [-0.2, -0.15) is 0 Å². The fraction of sp³-hybridized carbons (Fsp3) is 0.0769. The second kappa shape index (κ2) is 5.13. The van der Waals surface area contributed by atoms with Crippen molar-refractivity contribution in [3.05, 3.63) is 34.5 Å². The summed E-state index contributed by atoms with van der Waals surface area (Å²) in [7, 11) is 0. The van der Waals surface area contributed by atoms with Gasteiger partial charge in [0.15, 0.2) is 23.1 Å². The minimum Gasteiger partial charge on any atom is -0.476 e. The number of nitrogen functional groups attached to an aromatic ring is 1. The molecule has 0 spiro atoms. The summed E-state index contributed by atoms with van der Waals surface area (Å²) in [6.45, 7) is 0. The van der Waals surface area contributed by atoms with E-state index in [1.807, 2.05) is 0 Å². The van der Waals surface area contributed by atoms with Crippen LogP contribution in [0.25, 0.3) is 11.3 Å². The van der Waals surface area contributed by atoms with Gasteiger partial charge in [0, 0.05) is 5.56 Å². The summed E-state index contributed by atoms with van der Waals surface area (Å²) in [4.78, 5) is 14.5. The van der Waals surface area contributed by atoms with Crippen molar-refractivity contribution in [2.75, 3.05) is 5.73 Å². The zero-order chi connectivity index (χ0) is 17.8. The lowest BCUT2D eigenvalue weighted by Crippen LogP contribution is -2.26. The zero-order valence-corrected chi connectivity index (χ0v) is 12.0. The van der Waals surface area contributed by atoms with E-state index in [-0.39, 0.29) is 0 Å². The maximum atomic E-state index is 14.4. The monoisotopic (exact) mass is 364 g/mol. The molecule has 3 rings (SSSR count). The molecule has 0 saturated heterocycles. The Kier molecular flexibility index (Phi) is 3.44. The highest BCUT2D eigenvalue weighted by Crippen LogP contribution is 2.46. The van der Waals surface area contributed by atoms with Crippen molar-refractivity contribution in [2.24, 2.45) is 0 Å². The van der Waals surface area contributed by atoms with E-state index in [0.29, 0.717) is 0 Å². The van der Waals surface area contributed by atoms with Crippen LogP contribution in [0.4, 0.5) is 23.2 Å². The largest absolute Gasteiger partial charge is 0.586 e. The molecule has 0 fully saturated rings. The second-order valence-electron chi connectivity index (χ2n) is 4.58. The molecule has 0 saturated carbocycles. The van der Waals surface area contributed by atoms with Crippen LogP contribution in [0, 0.1) is 11.6 Å². The molecule has 0 bridgehead atoms. The molecule has 2 heterocycles. The first-order valence-electron chi connectivity index (χ1n) is 6.09. The van der Waals surface area contributed by atoms with Gasteiger partial charge in [0.2, 0.25) is 5.75 Å². The third-order valence-corrected chi connectivity index (χ3v) is 3.46. The Balaban J connectivity index is 2.24. The Hall–Kier alpha value is -2.75. The first kappa shape index (κ1) is 16.1. The summed E-state index contributed by atoms with van der Waals surface area (Å²) in [6.07, 6.45) is -4.08. The van der Waals surface area contributed by atoms with Crippen LogP contribution in [0.15, 0.2) is 12.1 Å². The lowest BCUT2D eigenvalue weighted by molar-refractivity contribution is -0.287. The van der Waals surface area contributed by atoms with Gasteiger partial charge in [-0.05, 0) is 12.1 Å². The molecule has 1 aliphatic rings. The van der Waals surface area contributed by atoms with Crippen LogP contribution in [0.1, 0.15) is 10.5 Å². The first-order chi connectivity index (χ1) is 11.1. The molecule has 0 amide bonds. The average molecular weight is 365 g/mol. The molecule has 6 nitrogen and oxygen atoms in total. The molecule has 0 atom stereocenters. The summed E-state index contributed by atoms with van der Waals surface area (Å²) >= 11 is 5.58. The Bertz CT molecular complexity index is 891. The number of carboxylic acid groups (broad SMARTS) is 1. The van der Waals surface area contributed by atoms with Crippen LogP contribution in [-0.4, -0.2) is 22.4 Å². The quantitative estimate of drug-likeness (QED) is 0.794. The molecule has 1 aromatic carbocycles. The summed E-state index contributed by atoms with van der Waals surface area (Å²) in [5.41, 5.74) is 2.27. The summed E-state index contributed by atoms with van der Waals surface area (Å²) in [6, 6.07) is 1.75. The van der Waals surface area contributed by atoms with Crippen molar-refractivity contribution >= 4 is 23.3 Å². The molecule has 0 unspecified atom stereocenters. The number of aromatic carboxylic acids is 1. The van der Waals surface area contributed by atoms with Crippen molar-refractivity contribution in [2.45, 2.75) is 6.29 Å². The van der Waals surface area contributed by atoms with Gasteiger partial charge in [-0.3, -0.25) is 0 Å². The summed E-state index contributed by atoms with van der Waals surface area (Å²) in [5.74, 6) is -5.95. The van der Waals surface area contributed by atoms with Crippen molar-refractivity contribution < 1.29 is 36.9 Å². The molecular formula is C13H5ClF4N2O4. The van der Waals surface area contributed by atoms with Crippen LogP contribution in [0.5, 0.6) is 11.5 Å². The van der Waals surface area contributed by atoms with Crippen LogP contribution in [-0.2, 0) is 0 Å². The number of hydrogen-bond donors (Lipinski definition) is 2. The molecule has 126 valence electrons. The van der Waals surface area contributed by atoms with E-state index in [2.05, 4.69) is 14.5 Å². The number of hydrogen-bond acceptors (Lipinski definition) is 5. The predicted molar refractivity (Wildman–Crippen MR) is 72.2 cm³/mol. The van der Waals surface area contributed by atoms with E-state index in [1.165, 1.54) is 0 Å². The van der Waals surface area contributed by atoms with E-state index in [4.69, 9.17) is 22.4 Å². The van der Waals surface area contributed by atoms with Gasteiger partial charge in [-0.25, -0.2) is 18.6 Å². The van der Waals surface area contributed by atoms with Crippen LogP contribution >= 0.6 is 11.6 Å². The third kappa shape index (κ3) is 2.35. The van der Waals surface area contributed by atoms with Gasteiger partial charge in [0.05, 0.1) is 10.7 Å². The topological polar surface area (TPSA) is 94.7 Å². The average Bonchev–Trinajstić information content (AvgIpc) is 2.81. The van der Waals surface area contributed by atoms with Gasteiger partial charge < -0.3 is 20.3 Å². The van der Waals surface area contributed by atoms with E-state index in [1.54, 1.807) is 0 Å². The second-order valence-corrected chi connectivity index (χ2v) is 4.96. The Morgan fingerprint density at radius 3 is 2.54 bits per heavy atom. The number of halogens is 5. The number of nitrogens with zero attached hydrogens (tertiary/aromatic N) is 1. The number of ether oxygens (including phenoxy) is 2. The van der Waals surface area contributed by atoms with Gasteiger partial charge in [0.1, 0.15) is 5.69 Å². The maximum Gasteiger partial charge on any atom is 0.586 e. The fourth-order valence-corrected chi connectivity index (χ4v) is 2.25. The number of rotatable bonds is 2. The highest BCUT2D eigenvalue weighted by atomic mass is 35.5. The smallest absolute Gasteiger partial charge is 0.476 e. The summed E-state index contributed by atoms with van der Waals surface area (Å²) in [5, 5.41) is 8.31. The molecule has 2 aromatic rings. The Labute approximate surface area is 135 Å². The molecule has 1 aromatic heterocycles. The zero-order valence-electron chi connectivity index (χ0n) is 11.2. The van der Waals surface area contributed by atoms with Gasteiger partial charge in [-0.15, -0.1) is 8.78 Å². The number of carboxylic acids is 1. The van der Waals surface area contributed by atoms with Crippen molar-refractivity contribution in [1.82, 2.24) is 4.98 Å². The van der Waals surface area contributed by atoms with E-state index >= 15 is 0 Å². The van der Waals surface area contributed by atoms with Crippen molar-refractivity contribution in [3.8, 4) is 22.8 Å². The highest BCUT2D eigenvalue weighted by molar-refractivity contribution is 6.35. The van der Waals surface area contributed by atoms with Crippen LogP contribution in [0.2, 0.25) is 5.02 Å². The lowest BCUT2D eigenvalue weighted by atomic mass is 10.1. The van der Waals surface area contributed by atoms with Gasteiger partial charge in [0.25, 0.3) is 0 Å². The summed E-state index contributed by atoms with van der Waals surface area (Å²) < 4.78 is 62.7. The number of benzene rings is 1. The Morgan fingerprint density at radius 1 is 1.25 bits per heavy atom. The van der Waals surface area contributed by atoms with Crippen molar-refractivity contribution in [3.63, 3.8) is 0 Å². The van der Waals surface area contributed by atoms with Crippen LogP contribution in [0.3, 0.4) is 0 Å². The molecule has 0 aliphatic carbocycles. The number of pyridine rings is 1. The van der Waals surface area contributed by atoms with E-state index in [9.17, 15) is 22.4 Å². The number of aromatic nitrogens is 1. The molecule has 24 heavy (non-hydrogen) atoms. The predicted octanol–water partition coefficient (Wildman–Crippen LogP) is 3.28. The number of fused-ring (bicyclic) bond motifs is 1.